The summed E-state index contributed by atoms with van der Waals surface area (Å²) in [7, 11) is 0. The SMILES string of the molecule is [N-]=[N+]=NCCC(O)C(O)c1ccc(F)cn1. The fourth-order valence-corrected chi connectivity index (χ4v) is 1.15. The van der Waals surface area contributed by atoms with Crippen LogP contribution in [0.15, 0.2) is 23.4 Å². The van der Waals surface area contributed by atoms with E-state index >= 15 is 0 Å². The average molecular weight is 226 g/mol. The Kier molecular flexibility index (Phi) is 4.65. The van der Waals surface area contributed by atoms with Crippen LogP contribution in [-0.4, -0.2) is 27.8 Å². The Morgan fingerprint density at radius 2 is 2.25 bits per heavy atom. The molecule has 16 heavy (non-hydrogen) atoms. The summed E-state index contributed by atoms with van der Waals surface area (Å²) in [4.78, 5) is 6.16. The molecule has 0 aliphatic rings. The summed E-state index contributed by atoms with van der Waals surface area (Å²) in [6, 6.07) is 2.43. The minimum Gasteiger partial charge on any atom is -0.390 e. The van der Waals surface area contributed by atoms with Crippen molar-refractivity contribution in [1.29, 1.82) is 0 Å². The quantitative estimate of drug-likeness (QED) is 0.449. The van der Waals surface area contributed by atoms with Crippen LogP contribution in [0.4, 0.5) is 4.39 Å². The van der Waals surface area contributed by atoms with Gasteiger partial charge >= 0.3 is 0 Å². The number of rotatable bonds is 5. The average Bonchev–Trinajstić information content (AvgIpc) is 2.29. The third kappa shape index (κ3) is 3.47. The summed E-state index contributed by atoms with van der Waals surface area (Å²) in [5, 5.41) is 22.3. The monoisotopic (exact) mass is 226 g/mol. The molecule has 0 aliphatic heterocycles. The zero-order valence-corrected chi connectivity index (χ0v) is 8.36. The lowest BCUT2D eigenvalue weighted by molar-refractivity contribution is 0.0124. The number of pyridine rings is 1. The molecule has 0 aliphatic carbocycles. The zero-order chi connectivity index (χ0) is 12.0. The van der Waals surface area contributed by atoms with Crippen molar-refractivity contribution >= 4 is 0 Å². The van der Waals surface area contributed by atoms with Gasteiger partial charge in [0.25, 0.3) is 0 Å². The van der Waals surface area contributed by atoms with Gasteiger partial charge in [0.1, 0.15) is 11.9 Å². The summed E-state index contributed by atoms with van der Waals surface area (Å²) in [5.41, 5.74) is 8.20. The molecular formula is C9H11FN4O2. The van der Waals surface area contributed by atoms with E-state index in [4.69, 9.17) is 5.53 Å². The van der Waals surface area contributed by atoms with Gasteiger partial charge in [-0.15, -0.1) is 0 Å². The van der Waals surface area contributed by atoms with E-state index in [1.807, 2.05) is 0 Å². The molecule has 1 aromatic heterocycles. The third-order valence-corrected chi connectivity index (χ3v) is 2.01. The van der Waals surface area contributed by atoms with Crippen molar-refractivity contribution in [3.63, 3.8) is 0 Å². The summed E-state index contributed by atoms with van der Waals surface area (Å²) < 4.78 is 12.5. The maximum Gasteiger partial charge on any atom is 0.141 e. The van der Waals surface area contributed by atoms with Gasteiger partial charge in [0.05, 0.1) is 18.0 Å². The molecular weight excluding hydrogens is 215 g/mol. The molecule has 86 valence electrons. The lowest BCUT2D eigenvalue weighted by Crippen LogP contribution is -2.20. The molecule has 0 aromatic carbocycles. The fourth-order valence-electron chi connectivity index (χ4n) is 1.15. The second-order valence-corrected chi connectivity index (χ2v) is 3.16. The standard InChI is InChI=1S/C9H11FN4O2/c10-6-1-2-7(12-5-6)9(16)8(15)3-4-13-14-11/h1-2,5,8-9,15-16H,3-4H2. The van der Waals surface area contributed by atoms with E-state index in [1.54, 1.807) is 0 Å². The Morgan fingerprint density at radius 1 is 1.50 bits per heavy atom. The molecule has 0 saturated heterocycles. The van der Waals surface area contributed by atoms with Crippen molar-refractivity contribution in [2.24, 2.45) is 5.11 Å². The molecule has 1 heterocycles. The Bertz CT molecular complexity index is 378. The van der Waals surface area contributed by atoms with E-state index in [-0.39, 0.29) is 18.7 Å². The first-order valence-corrected chi connectivity index (χ1v) is 4.63. The number of aromatic nitrogens is 1. The van der Waals surface area contributed by atoms with Crippen LogP contribution in [0.3, 0.4) is 0 Å². The normalized spacial score (nSPS) is 13.9. The molecule has 0 saturated carbocycles. The van der Waals surface area contributed by atoms with Crippen LogP contribution in [0.25, 0.3) is 10.4 Å². The Labute approximate surface area is 91.0 Å². The maximum atomic E-state index is 12.5. The van der Waals surface area contributed by atoms with Gasteiger partial charge in [-0.25, -0.2) is 4.39 Å². The number of aliphatic hydroxyl groups is 2. The number of aliphatic hydroxyl groups excluding tert-OH is 2. The molecule has 1 aromatic rings. The minimum atomic E-state index is -1.21. The molecule has 0 amide bonds. The van der Waals surface area contributed by atoms with Crippen molar-refractivity contribution in [2.75, 3.05) is 6.54 Å². The fraction of sp³-hybridized carbons (Fsp3) is 0.444. The molecule has 2 N–H and O–H groups in total. The second kappa shape index (κ2) is 6.02. The Hall–Kier alpha value is -1.69. The van der Waals surface area contributed by atoms with E-state index in [0.717, 1.165) is 12.3 Å². The molecule has 0 radical (unpaired) electrons. The second-order valence-electron chi connectivity index (χ2n) is 3.16. The van der Waals surface area contributed by atoms with E-state index in [2.05, 4.69) is 15.0 Å². The number of azide groups is 1. The summed E-state index contributed by atoms with van der Waals surface area (Å²) in [5.74, 6) is -0.514. The highest BCUT2D eigenvalue weighted by molar-refractivity contribution is 5.09. The van der Waals surface area contributed by atoms with Crippen LogP contribution in [0.5, 0.6) is 0 Å². The molecule has 6 nitrogen and oxygen atoms in total. The smallest absolute Gasteiger partial charge is 0.141 e. The van der Waals surface area contributed by atoms with Crippen LogP contribution < -0.4 is 0 Å². The number of hydrogen-bond donors (Lipinski definition) is 2. The molecule has 0 fully saturated rings. The molecule has 2 unspecified atom stereocenters. The van der Waals surface area contributed by atoms with Crippen LogP contribution in [0.2, 0.25) is 0 Å². The van der Waals surface area contributed by atoms with Gasteiger partial charge in [-0.1, -0.05) is 5.11 Å². The molecule has 2 atom stereocenters. The number of hydrogen-bond acceptors (Lipinski definition) is 4. The topological polar surface area (TPSA) is 102 Å². The largest absolute Gasteiger partial charge is 0.390 e. The van der Waals surface area contributed by atoms with Gasteiger partial charge in [-0.2, -0.15) is 0 Å². The zero-order valence-electron chi connectivity index (χ0n) is 8.36. The van der Waals surface area contributed by atoms with Gasteiger partial charge in [0.2, 0.25) is 0 Å². The van der Waals surface area contributed by atoms with Crippen LogP contribution in [0, 0.1) is 5.82 Å². The number of nitrogens with zero attached hydrogens (tertiary/aromatic N) is 4. The lowest BCUT2D eigenvalue weighted by atomic mass is 10.1. The first-order valence-electron chi connectivity index (χ1n) is 4.63. The number of halogens is 1. The highest BCUT2D eigenvalue weighted by atomic mass is 19.1. The predicted molar refractivity (Wildman–Crippen MR) is 53.8 cm³/mol. The first kappa shape index (κ1) is 12.4. The van der Waals surface area contributed by atoms with Gasteiger partial charge in [-0.3, -0.25) is 4.98 Å². The van der Waals surface area contributed by atoms with Crippen molar-refractivity contribution in [2.45, 2.75) is 18.6 Å². The van der Waals surface area contributed by atoms with Gasteiger partial charge in [-0.05, 0) is 24.1 Å². The van der Waals surface area contributed by atoms with Crippen molar-refractivity contribution in [3.8, 4) is 0 Å². The summed E-state index contributed by atoms with van der Waals surface area (Å²) in [6.45, 7) is 0.0793. The van der Waals surface area contributed by atoms with Crippen LogP contribution >= 0.6 is 0 Å². The maximum absolute atomic E-state index is 12.5. The minimum absolute atomic E-state index is 0.0793. The van der Waals surface area contributed by atoms with Gasteiger partial charge < -0.3 is 10.2 Å². The summed E-state index contributed by atoms with van der Waals surface area (Å²) >= 11 is 0. The predicted octanol–water partition coefficient (Wildman–Crippen LogP) is 1.32. The molecule has 1 rings (SSSR count). The highest BCUT2D eigenvalue weighted by Crippen LogP contribution is 2.16. The van der Waals surface area contributed by atoms with E-state index in [1.165, 1.54) is 6.07 Å². The Morgan fingerprint density at radius 3 is 2.81 bits per heavy atom. The molecule has 7 heteroatoms. The van der Waals surface area contributed by atoms with Gasteiger partial charge in [0.15, 0.2) is 0 Å². The molecule has 0 spiro atoms. The van der Waals surface area contributed by atoms with E-state index in [0.29, 0.717) is 0 Å². The van der Waals surface area contributed by atoms with Crippen LogP contribution in [0.1, 0.15) is 18.2 Å². The van der Waals surface area contributed by atoms with Gasteiger partial charge in [0, 0.05) is 11.5 Å². The first-order chi connectivity index (χ1) is 7.65. The summed E-state index contributed by atoms with van der Waals surface area (Å²) in [6.07, 6.45) is -1.24. The van der Waals surface area contributed by atoms with Crippen LogP contribution in [-0.2, 0) is 0 Å². The molecule has 0 bridgehead atoms. The van der Waals surface area contributed by atoms with E-state index < -0.39 is 18.0 Å². The van der Waals surface area contributed by atoms with Crippen molar-refractivity contribution in [3.05, 3.63) is 40.3 Å². The van der Waals surface area contributed by atoms with E-state index in [9.17, 15) is 14.6 Å². The third-order valence-electron chi connectivity index (χ3n) is 2.01. The lowest BCUT2D eigenvalue weighted by Gasteiger charge is -2.16. The Balaban J connectivity index is 2.58. The van der Waals surface area contributed by atoms with Crippen molar-refractivity contribution in [1.82, 2.24) is 4.98 Å². The van der Waals surface area contributed by atoms with Crippen molar-refractivity contribution < 1.29 is 14.6 Å². The highest BCUT2D eigenvalue weighted by Gasteiger charge is 2.18.